The van der Waals surface area contributed by atoms with Crippen molar-refractivity contribution in [1.29, 1.82) is 0 Å². The van der Waals surface area contributed by atoms with Crippen LogP contribution in [-0.4, -0.2) is 22.4 Å². The zero-order chi connectivity index (χ0) is 17.4. The maximum Gasteiger partial charge on any atom is 0.115 e. The third kappa shape index (κ3) is 14.5. The fourth-order valence-electron chi connectivity index (χ4n) is 1.46. The van der Waals surface area contributed by atoms with Gasteiger partial charge in [0, 0.05) is 7.11 Å². The van der Waals surface area contributed by atoms with Crippen LogP contribution in [-0.2, 0) is 12.8 Å². The number of aryl methyl sites for hydroxylation is 2. The van der Waals surface area contributed by atoms with Crippen LogP contribution in [0.5, 0.6) is 11.5 Å². The lowest BCUT2D eigenvalue weighted by atomic mass is 10.2. The zero-order valence-corrected chi connectivity index (χ0v) is 16.9. The van der Waals surface area contributed by atoms with E-state index in [9.17, 15) is 0 Å². The molecule has 0 aliphatic carbocycles. The minimum atomic E-state index is 0. The minimum absolute atomic E-state index is 0. The highest BCUT2D eigenvalue weighted by molar-refractivity contribution is 8.31. The van der Waals surface area contributed by atoms with Crippen molar-refractivity contribution in [2.24, 2.45) is 0 Å². The second-order valence-electron chi connectivity index (χ2n) is 4.04. The summed E-state index contributed by atoms with van der Waals surface area (Å²) < 4.78 is 0. The van der Waals surface area contributed by atoms with Gasteiger partial charge in [-0.2, -0.15) is 25.7 Å². The van der Waals surface area contributed by atoms with E-state index in [1.165, 1.54) is 11.1 Å². The van der Waals surface area contributed by atoms with Gasteiger partial charge < -0.3 is 15.3 Å². The van der Waals surface area contributed by atoms with Crippen molar-refractivity contribution in [3.8, 4) is 11.5 Å². The Bertz CT molecular complexity index is 417. The molecule has 132 valence electrons. The number of rotatable bonds is 2. The molecule has 0 radical (unpaired) electrons. The number of aromatic hydroxyl groups is 2. The van der Waals surface area contributed by atoms with Gasteiger partial charge in [-0.05, 0) is 48.2 Å². The Kier molecular flexibility index (Phi) is 22.5. The van der Waals surface area contributed by atoms with Crippen molar-refractivity contribution in [3.05, 3.63) is 59.7 Å². The van der Waals surface area contributed by atoms with Crippen LogP contribution in [0.1, 0.15) is 25.0 Å². The molecule has 2 rings (SSSR count). The summed E-state index contributed by atoms with van der Waals surface area (Å²) in [6, 6.07) is 14.5. The largest absolute Gasteiger partial charge is 0.508 e. The molecular formula is C17H29O3PS2. The summed E-state index contributed by atoms with van der Waals surface area (Å²) in [6.45, 7) is 4.18. The Hall–Kier alpha value is -0.870. The number of aliphatic hydroxyl groups is 1. The number of aliphatic hydroxyl groups excluding tert-OH is 1. The summed E-state index contributed by atoms with van der Waals surface area (Å²) >= 11 is 3.44. The summed E-state index contributed by atoms with van der Waals surface area (Å²) in [4.78, 5) is 0. The molecule has 0 aliphatic heterocycles. The standard InChI is InChI=1S/2C8H10O.CH4O.H3PS.H2S/c2*1-2-7-3-5-8(9)6-4-7;2*1-2;/h2*3-6,9H,2H2,1H3;2H,1H3;2H,1H2;1H2. The van der Waals surface area contributed by atoms with Gasteiger partial charge >= 0.3 is 0 Å². The third-order valence-corrected chi connectivity index (χ3v) is 2.69. The average molecular weight is 377 g/mol. The highest BCUT2D eigenvalue weighted by Crippen LogP contribution is 2.09. The van der Waals surface area contributed by atoms with Gasteiger partial charge in [0.05, 0.1) is 0 Å². The molecular weight excluding hydrogens is 347 g/mol. The molecule has 23 heavy (non-hydrogen) atoms. The van der Waals surface area contributed by atoms with Crippen molar-refractivity contribution >= 4 is 34.2 Å². The molecule has 0 amide bonds. The van der Waals surface area contributed by atoms with Crippen LogP contribution in [0.15, 0.2) is 48.5 Å². The van der Waals surface area contributed by atoms with Crippen LogP contribution in [0.25, 0.3) is 0 Å². The molecule has 2 aromatic carbocycles. The lowest BCUT2D eigenvalue weighted by molar-refractivity contribution is 0.399. The predicted octanol–water partition coefficient (Wildman–Crippen LogP) is 4.34. The maximum atomic E-state index is 8.85. The van der Waals surface area contributed by atoms with E-state index < -0.39 is 0 Å². The summed E-state index contributed by atoms with van der Waals surface area (Å²) in [5.41, 5.74) is 2.51. The van der Waals surface area contributed by atoms with E-state index in [0.717, 1.165) is 20.0 Å². The van der Waals surface area contributed by atoms with E-state index in [1.54, 1.807) is 24.3 Å². The maximum absolute atomic E-state index is 8.85. The first-order chi connectivity index (χ1) is 10.7. The Morgan fingerprint density at radius 2 is 0.913 bits per heavy atom. The van der Waals surface area contributed by atoms with Gasteiger partial charge in [0.25, 0.3) is 0 Å². The molecule has 6 heteroatoms. The Balaban J connectivity index is -0.000000276. The Morgan fingerprint density at radius 3 is 1.09 bits per heavy atom. The first-order valence-corrected chi connectivity index (χ1v) is 8.98. The first-order valence-electron chi connectivity index (χ1n) is 6.92. The molecule has 0 aliphatic rings. The number of hydrogen-bond donors (Lipinski definition) is 4. The van der Waals surface area contributed by atoms with E-state index >= 15 is 0 Å². The van der Waals surface area contributed by atoms with Crippen molar-refractivity contribution in [1.82, 2.24) is 0 Å². The normalized spacial score (nSPS) is 7.91. The van der Waals surface area contributed by atoms with Crippen molar-refractivity contribution < 1.29 is 15.3 Å². The SMILES string of the molecule is CCc1ccc(O)cc1.CCc1ccc(O)cc1.CO.PS.S. The molecule has 1 atom stereocenters. The minimum Gasteiger partial charge on any atom is -0.508 e. The Labute approximate surface area is 154 Å². The van der Waals surface area contributed by atoms with Crippen LogP contribution in [0, 0.1) is 0 Å². The van der Waals surface area contributed by atoms with Crippen molar-refractivity contribution in [2.75, 3.05) is 7.11 Å². The molecule has 0 fully saturated rings. The van der Waals surface area contributed by atoms with Gasteiger partial charge in [0.1, 0.15) is 11.5 Å². The van der Waals surface area contributed by atoms with Crippen molar-refractivity contribution in [3.63, 3.8) is 0 Å². The molecule has 0 aromatic heterocycles. The number of phenolic OH excluding ortho intramolecular Hbond substituents is 2. The monoisotopic (exact) mass is 376 g/mol. The van der Waals surface area contributed by atoms with Gasteiger partial charge in [-0.1, -0.05) is 46.6 Å². The van der Waals surface area contributed by atoms with Gasteiger partial charge in [0.15, 0.2) is 0 Å². The molecule has 0 bridgehead atoms. The summed E-state index contributed by atoms with van der Waals surface area (Å²) in [7, 11) is 3.11. The molecule has 3 nitrogen and oxygen atoms in total. The van der Waals surface area contributed by atoms with E-state index in [4.69, 9.17) is 15.3 Å². The molecule has 0 saturated heterocycles. The Morgan fingerprint density at radius 1 is 0.696 bits per heavy atom. The molecule has 2 aromatic rings. The number of thiol groups is 1. The second kappa shape index (κ2) is 19.2. The molecule has 0 saturated carbocycles. The highest BCUT2D eigenvalue weighted by Gasteiger charge is 1.87. The van der Waals surface area contributed by atoms with Crippen molar-refractivity contribution in [2.45, 2.75) is 26.7 Å². The lowest BCUT2D eigenvalue weighted by Gasteiger charge is -1.93. The van der Waals surface area contributed by atoms with Crippen LogP contribution in [0.2, 0.25) is 0 Å². The summed E-state index contributed by atoms with van der Waals surface area (Å²) in [5.74, 6) is 0.680. The summed E-state index contributed by atoms with van der Waals surface area (Å²) in [5, 5.41) is 24.7. The summed E-state index contributed by atoms with van der Waals surface area (Å²) in [6.07, 6.45) is 2.06. The van der Waals surface area contributed by atoms with E-state index in [-0.39, 0.29) is 13.5 Å². The number of benzene rings is 2. The number of hydrogen-bond acceptors (Lipinski definition) is 4. The van der Waals surface area contributed by atoms with Gasteiger partial charge in [-0.15, -0.1) is 0 Å². The van der Waals surface area contributed by atoms with E-state index in [1.807, 2.05) is 24.3 Å². The molecule has 0 heterocycles. The van der Waals surface area contributed by atoms with E-state index in [0.29, 0.717) is 11.5 Å². The fourth-order valence-corrected chi connectivity index (χ4v) is 1.46. The molecule has 1 unspecified atom stereocenters. The van der Waals surface area contributed by atoms with Crippen LogP contribution >= 0.6 is 34.2 Å². The third-order valence-electron chi connectivity index (χ3n) is 2.69. The lowest BCUT2D eigenvalue weighted by Crippen LogP contribution is -1.75. The second-order valence-corrected chi connectivity index (χ2v) is 4.04. The number of phenols is 2. The quantitative estimate of drug-likeness (QED) is 0.466. The molecule has 3 N–H and O–H groups in total. The first kappa shape index (κ1) is 27.0. The van der Waals surface area contributed by atoms with Gasteiger partial charge in [-0.25, -0.2) is 0 Å². The van der Waals surface area contributed by atoms with Gasteiger partial charge in [-0.3, -0.25) is 0 Å². The fraction of sp³-hybridized carbons (Fsp3) is 0.294. The van der Waals surface area contributed by atoms with Crippen LogP contribution < -0.4 is 0 Å². The average Bonchev–Trinajstić information content (AvgIpc) is 2.60. The van der Waals surface area contributed by atoms with Gasteiger partial charge in [0.2, 0.25) is 0 Å². The van der Waals surface area contributed by atoms with Crippen LogP contribution in [0.4, 0.5) is 0 Å². The topological polar surface area (TPSA) is 60.7 Å². The highest BCUT2D eigenvalue weighted by atomic mass is 32.7. The smallest absolute Gasteiger partial charge is 0.115 e. The molecule has 0 spiro atoms. The van der Waals surface area contributed by atoms with Crippen LogP contribution in [0.3, 0.4) is 0 Å². The predicted molar refractivity (Wildman–Crippen MR) is 112 cm³/mol. The van der Waals surface area contributed by atoms with E-state index in [2.05, 4.69) is 34.5 Å². The zero-order valence-electron chi connectivity index (χ0n) is 13.9.